The molecule has 7 nitrogen and oxygen atoms in total. The van der Waals surface area contributed by atoms with Gasteiger partial charge in [-0.3, -0.25) is 14.5 Å². The van der Waals surface area contributed by atoms with Gasteiger partial charge in [-0.15, -0.1) is 0 Å². The van der Waals surface area contributed by atoms with Gasteiger partial charge in [-0.2, -0.15) is 0 Å². The third-order valence-electron chi connectivity index (χ3n) is 6.44. The molecule has 31 heavy (non-hydrogen) atoms. The number of carbonyl (C=O) groups excluding carboxylic acids is 2. The number of nitrogens with one attached hydrogen (secondary N) is 1. The molecule has 1 fully saturated rings. The molecule has 3 aliphatic rings. The number of piperidine rings is 1. The van der Waals surface area contributed by atoms with Crippen molar-refractivity contribution in [2.24, 2.45) is 5.92 Å². The van der Waals surface area contributed by atoms with E-state index in [-0.39, 0.29) is 24.5 Å². The van der Waals surface area contributed by atoms with Crippen LogP contribution in [0.2, 0.25) is 0 Å². The van der Waals surface area contributed by atoms with Crippen LogP contribution in [-0.4, -0.2) is 54.6 Å². The highest BCUT2D eigenvalue weighted by atomic mass is 16.7. The highest BCUT2D eigenvalue weighted by molar-refractivity contribution is 5.93. The number of carbonyl (C=O) groups is 2. The van der Waals surface area contributed by atoms with Crippen LogP contribution in [0.15, 0.2) is 42.5 Å². The summed E-state index contributed by atoms with van der Waals surface area (Å²) in [5.74, 6) is 1.52. The average Bonchev–Trinajstić information content (AvgIpc) is 3.27. The lowest BCUT2D eigenvalue weighted by atomic mass is 9.95. The highest BCUT2D eigenvalue weighted by Gasteiger charge is 2.28. The third kappa shape index (κ3) is 4.37. The van der Waals surface area contributed by atoms with Crippen molar-refractivity contribution < 1.29 is 19.1 Å². The largest absolute Gasteiger partial charge is 0.454 e. The first-order valence-electron chi connectivity index (χ1n) is 10.9. The van der Waals surface area contributed by atoms with Gasteiger partial charge in [0.05, 0.1) is 6.54 Å². The Kier molecular flexibility index (Phi) is 5.51. The van der Waals surface area contributed by atoms with Crippen LogP contribution in [0.3, 0.4) is 0 Å². The maximum Gasteiger partial charge on any atom is 0.237 e. The van der Waals surface area contributed by atoms with Crippen LogP contribution in [0.1, 0.15) is 24.0 Å². The quantitative estimate of drug-likeness (QED) is 0.822. The summed E-state index contributed by atoms with van der Waals surface area (Å²) in [4.78, 5) is 29.6. The number of rotatable bonds is 4. The van der Waals surface area contributed by atoms with Gasteiger partial charge in [0.15, 0.2) is 11.5 Å². The van der Waals surface area contributed by atoms with Crippen molar-refractivity contribution in [3.8, 4) is 11.5 Å². The molecule has 1 saturated heterocycles. The maximum absolute atomic E-state index is 12.8. The Balaban J connectivity index is 1.10. The first kappa shape index (κ1) is 19.9. The third-order valence-corrected chi connectivity index (χ3v) is 6.44. The van der Waals surface area contributed by atoms with E-state index < -0.39 is 0 Å². The van der Waals surface area contributed by atoms with Gasteiger partial charge in [0.2, 0.25) is 18.6 Å². The first-order chi connectivity index (χ1) is 15.2. The summed E-state index contributed by atoms with van der Waals surface area (Å²) in [7, 11) is 0. The summed E-state index contributed by atoms with van der Waals surface area (Å²) in [6.45, 7) is 3.64. The van der Waals surface area contributed by atoms with E-state index >= 15 is 0 Å². The van der Waals surface area contributed by atoms with Gasteiger partial charge in [0, 0.05) is 30.8 Å². The average molecular weight is 421 g/mol. The van der Waals surface area contributed by atoms with Crippen LogP contribution in [0.4, 0.5) is 5.69 Å². The van der Waals surface area contributed by atoms with Crippen LogP contribution in [0.25, 0.3) is 0 Å². The fourth-order valence-corrected chi connectivity index (χ4v) is 4.57. The molecule has 0 radical (unpaired) electrons. The fourth-order valence-electron chi connectivity index (χ4n) is 4.57. The zero-order valence-electron chi connectivity index (χ0n) is 17.5. The standard InChI is InChI=1S/C24H27N3O4/c28-23(27-12-9-17-3-1-2-4-19(17)14-27)15-26-10-7-18(8-11-26)24(29)25-20-5-6-21-22(13-20)31-16-30-21/h1-6,13,18H,7-12,14-16H2,(H,25,29). The molecule has 0 aromatic heterocycles. The molecule has 0 atom stereocenters. The topological polar surface area (TPSA) is 71.1 Å². The molecule has 0 aliphatic carbocycles. The van der Waals surface area contributed by atoms with Gasteiger partial charge < -0.3 is 19.7 Å². The van der Waals surface area contributed by atoms with E-state index in [1.807, 2.05) is 23.1 Å². The van der Waals surface area contributed by atoms with Crippen molar-refractivity contribution in [1.82, 2.24) is 9.80 Å². The molecule has 7 heteroatoms. The lowest BCUT2D eigenvalue weighted by Crippen LogP contribution is -2.46. The Hall–Kier alpha value is -3.06. The second kappa shape index (κ2) is 8.59. The molecule has 162 valence electrons. The molecule has 0 spiro atoms. The Labute approximate surface area is 181 Å². The van der Waals surface area contributed by atoms with Crippen LogP contribution in [-0.2, 0) is 22.6 Å². The number of anilines is 1. The fraction of sp³-hybridized carbons (Fsp3) is 0.417. The molecule has 3 aliphatic heterocycles. The van der Waals surface area contributed by atoms with Crippen molar-refractivity contribution >= 4 is 17.5 Å². The lowest BCUT2D eigenvalue weighted by Gasteiger charge is -2.34. The molecule has 5 rings (SSSR count). The van der Waals surface area contributed by atoms with Crippen molar-refractivity contribution in [3.05, 3.63) is 53.6 Å². The minimum absolute atomic E-state index is 0.0254. The van der Waals surface area contributed by atoms with E-state index in [1.54, 1.807) is 6.07 Å². The van der Waals surface area contributed by atoms with Crippen molar-refractivity contribution in [3.63, 3.8) is 0 Å². The number of ether oxygens (including phenoxy) is 2. The summed E-state index contributed by atoms with van der Waals surface area (Å²) in [5, 5.41) is 2.99. The molecule has 0 bridgehead atoms. The highest BCUT2D eigenvalue weighted by Crippen LogP contribution is 2.34. The molecular formula is C24H27N3O4. The predicted octanol–water partition coefficient (Wildman–Crippen LogP) is 2.65. The zero-order valence-corrected chi connectivity index (χ0v) is 17.5. The van der Waals surface area contributed by atoms with Gasteiger partial charge in [-0.1, -0.05) is 24.3 Å². The molecule has 0 saturated carbocycles. The summed E-state index contributed by atoms with van der Waals surface area (Å²) >= 11 is 0. The minimum Gasteiger partial charge on any atom is -0.454 e. The Morgan fingerprint density at radius 1 is 0.968 bits per heavy atom. The molecule has 3 heterocycles. The van der Waals surface area contributed by atoms with Crippen LogP contribution in [0, 0.1) is 5.92 Å². The molecular weight excluding hydrogens is 394 g/mol. The van der Waals surface area contributed by atoms with Crippen LogP contribution < -0.4 is 14.8 Å². The van der Waals surface area contributed by atoms with Crippen LogP contribution in [0.5, 0.6) is 11.5 Å². The summed E-state index contributed by atoms with van der Waals surface area (Å²) in [5.41, 5.74) is 3.32. The smallest absolute Gasteiger partial charge is 0.237 e. The van der Waals surface area contributed by atoms with Crippen LogP contribution >= 0.6 is 0 Å². The van der Waals surface area contributed by atoms with Gasteiger partial charge >= 0.3 is 0 Å². The SMILES string of the molecule is O=C(Nc1ccc2c(c1)OCO2)C1CCN(CC(=O)N2CCc3ccccc3C2)CC1. The summed E-state index contributed by atoms with van der Waals surface area (Å²) in [6, 6.07) is 13.8. The van der Waals surface area contributed by atoms with E-state index in [0.29, 0.717) is 24.6 Å². The number of benzene rings is 2. The van der Waals surface area contributed by atoms with E-state index in [1.165, 1.54) is 11.1 Å². The molecule has 2 aromatic carbocycles. The van der Waals surface area contributed by atoms with Gasteiger partial charge in [-0.05, 0) is 55.6 Å². The normalized spacial score (nSPS) is 18.5. The number of amides is 2. The van der Waals surface area contributed by atoms with Gasteiger partial charge in [0.1, 0.15) is 0 Å². The number of likely N-dealkylation sites (tertiary alicyclic amines) is 1. The second-order valence-electron chi connectivity index (χ2n) is 8.44. The summed E-state index contributed by atoms with van der Waals surface area (Å²) in [6.07, 6.45) is 2.43. The Morgan fingerprint density at radius 3 is 2.58 bits per heavy atom. The Bertz CT molecular complexity index is 985. The molecule has 1 N–H and O–H groups in total. The number of nitrogens with zero attached hydrogens (tertiary/aromatic N) is 2. The first-order valence-corrected chi connectivity index (χ1v) is 10.9. The van der Waals surface area contributed by atoms with E-state index in [2.05, 4.69) is 28.4 Å². The zero-order chi connectivity index (χ0) is 21.2. The van der Waals surface area contributed by atoms with Gasteiger partial charge in [-0.25, -0.2) is 0 Å². The summed E-state index contributed by atoms with van der Waals surface area (Å²) < 4.78 is 10.7. The van der Waals surface area contributed by atoms with Crippen molar-refractivity contribution in [1.29, 1.82) is 0 Å². The van der Waals surface area contributed by atoms with Crippen molar-refractivity contribution in [2.75, 3.05) is 38.3 Å². The molecule has 0 unspecified atom stereocenters. The van der Waals surface area contributed by atoms with Crippen molar-refractivity contribution in [2.45, 2.75) is 25.8 Å². The number of hydrogen-bond donors (Lipinski definition) is 1. The van der Waals surface area contributed by atoms with Gasteiger partial charge in [0.25, 0.3) is 0 Å². The Morgan fingerprint density at radius 2 is 1.74 bits per heavy atom. The monoisotopic (exact) mass is 421 g/mol. The number of hydrogen-bond acceptors (Lipinski definition) is 5. The predicted molar refractivity (Wildman–Crippen MR) is 116 cm³/mol. The minimum atomic E-state index is -0.0429. The second-order valence-corrected chi connectivity index (χ2v) is 8.44. The molecule has 2 amide bonds. The van der Waals surface area contributed by atoms with E-state index in [4.69, 9.17) is 9.47 Å². The lowest BCUT2D eigenvalue weighted by molar-refractivity contribution is -0.133. The van der Waals surface area contributed by atoms with E-state index in [9.17, 15) is 9.59 Å². The van der Waals surface area contributed by atoms with E-state index in [0.717, 1.165) is 44.6 Å². The number of fused-ring (bicyclic) bond motifs is 2. The maximum atomic E-state index is 12.8. The molecule has 2 aromatic rings.